The SMILES string of the molecule is C[C@H](CCC(=O)O)[C@H]1CCC2[C@@H]3C(O)CC4=CC(=O)CC[C@]4(C)C3CC[C@@]21C.C[C@H](CCC(=O)O)[C@H]1CCC2[C@@H]3C(O)C[C@@H]4CC(=O)CC[C@]4(C)C3CC[C@@]21C. The molecule has 0 aliphatic heterocycles. The average molecular weight is 779 g/mol. The van der Waals surface area contributed by atoms with Gasteiger partial charge in [-0.2, -0.15) is 0 Å². The number of Topliss-reactive ketones (excluding diaryl/α,β-unsaturated/α-hetero) is 1. The van der Waals surface area contributed by atoms with Crippen LogP contribution in [-0.4, -0.2) is 56.1 Å². The van der Waals surface area contributed by atoms with Crippen molar-refractivity contribution in [3.8, 4) is 0 Å². The summed E-state index contributed by atoms with van der Waals surface area (Å²) in [5.41, 5.74) is 1.93. The minimum atomic E-state index is -0.697. The van der Waals surface area contributed by atoms with E-state index >= 15 is 0 Å². The highest BCUT2D eigenvalue weighted by molar-refractivity contribution is 5.91. The Morgan fingerprint density at radius 1 is 0.661 bits per heavy atom. The monoisotopic (exact) mass is 779 g/mol. The lowest BCUT2D eigenvalue weighted by atomic mass is 9.44. The fraction of sp³-hybridized carbons (Fsp3) is 0.875. The van der Waals surface area contributed by atoms with E-state index in [-0.39, 0.29) is 52.5 Å². The van der Waals surface area contributed by atoms with Crippen molar-refractivity contribution in [3.63, 3.8) is 0 Å². The molecule has 0 aromatic heterocycles. The van der Waals surface area contributed by atoms with Crippen LogP contribution < -0.4 is 0 Å². The summed E-state index contributed by atoms with van der Waals surface area (Å²) >= 11 is 0. The number of ketones is 2. The number of carbonyl (C=O) groups is 4. The maximum Gasteiger partial charge on any atom is 0.303 e. The first kappa shape index (κ1) is 42.1. The zero-order chi connectivity index (χ0) is 40.5. The maximum absolute atomic E-state index is 12.1. The minimum Gasteiger partial charge on any atom is -0.481 e. The van der Waals surface area contributed by atoms with Crippen LogP contribution in [0.1, 0.15) is 164 Å². The fourth-order valence-corrected chi connectivity index (χ4v) is 16.6. The molecule has 0 aromatic rings. The molecule has 0 radical (unpaired) electrons. The standard InChI is InChI=1S/C24H38O4.C24H36O4/c2*1-14(4-7-21(27)28)17-5-6-18-22-19(9-11-24(17,18)3)23(2)10-8-16(25)12-15(23)13-20(22)26/h14-15,17-20,22,26H,4-13H2,1-3H3,(H,27,28);12,14,17-20,22,26H,4-11,13H2,1-3H3,(H,27,28)/t14-,15+,17-,18?,19?,20?,22+,23+,24-;14-,17-,18?,19?,20?,22+,23+,24-/m11/s1. The van der Waals surface area contributed by atoms with Gasteiger partial charge in [0.15, 0.2) is 5.78 Å². The summed E-state index contributed by atoms with van der Waals surface area (Å²) in [6.07, 6.45) is 18.1. The summed E-state index contributed by atoms with van der Waals surface area (Å²) in [5, 5.41) is 40.6. The number of fused-ring (bicyclic) bond motifs is 10. The number of carboxylic acid groups (broad SMARTS) is 2. The highest BCUT2D eigenvalue weighted by atomic mass is 16.4. The molecule has 0 aromatic carbocycles. The molecule has 6 unspecified atom stereocenters. The Morgan fingerprint density at radius 2 is 1.18 bits per heavy atom. The molecule has 0 saturated heterocycles. The summed E-state index contributed by atoms with van der Waals surface area (Å²) in [5.74, 6) is 4.35. The number of carboxylic acids is 2. The minimum absolute atomic E-state index is 0.0755. The van der Waals surface area contributed by atoms with Crippen LogP contribution >= 0.6 is 0 Å². The van der Waals surface area contributed by atoms with Gasteiger partial charge in [-0.1, -0.05) is 47.1 Å². The predicted octanol–water partition coefficient (Wildman–Crippen LogP) is 9.29. The molecule has 7 saturated carbocycles. The second-order valence-corrected chi connectivity index (χ2v) is 21.9. The number of aliphatic hydroxyl groups excluding tert-OH is 2. The molecule has 314 valence electrons. The molecule has 17 atom stereocenters. The van der Waals surface area contributed by atoms with E-state index in [1.165, 1.54) is 31.3 Å². The molecule has 56 heavy (non-hydrogen) atoms. The Balaban J connectivity index is 0.000000172. The largest absolute Gasteiger partial charge is 0.481 e. The van der Waals surface area contributed by atoms with Crippen molar-refractivity contribution in [1.29, 1.82) is 0 Å². The second kappa shape index (κ2) is 15.5. The highest BCUT2D eigenvalue weighted by Crippen LogP contribution is 2.69. The van der Waals surface area contributed by atoms with Crippen LogP contribution in [-0.2, 0) is 19.2 Å². The van der Waals surface area contributed by atoms with Crippen molar-refractivity contribution in [2.24, 2.45) is 86.8 Å². The van der Waals surface area contributed by atoms with E-state index in [9.17, 15) is 29.4 Å². The van der Waals surface area contributed by atoms with Crippen LogP contribution in [0.5, 0.6) is 0 Å². The Bertz CT molecular complexity index is 1570. The van der Waals surface area contributed by atoms with Crippen molar-refractivity contribution in [1.82, 2.24) is 0 Å². The number of rotatable bonds is 8. The summed E-state index contributed by atoms with van der Waals surface area (Å²) in [4.78, 5) is 46.1. The van der Waals surface area contributed by atoms with E-state index < -0.39 is 11.9 Å². The van der Waals surface area contributed by atoms with Crippen LogP contribution in [0.4, 0.5) is 0 Å². The lowest BCUT2D eigenvalue weighted by Crippen LogP contribution is -2.58. The van der Waals surface area contributed by atoms with Gasteiger partial charge in [-0.05, 0) is 183 Å². The maximum atomic E-state index is 12.1. The third-order valence-electron chi connectivity index (χ3n) is 19.6. The van der Waals surface area contributed by atoms with Gasteiger partial charge in [-0.3, -0.25) is 19.2 Å². The Morgan fingerprint density at radius 3 is 1.73 bits per heavy atom. The number of aliphatic hydroxyl groups is 2. The summed E-state index contributed by atoms with van der Waals surface area (Å²) in [6, 6.07) is 0. The number of hydrogen-bond donors (Lipinski definition) is 4. The quantitative estimate of drug-likeness (QED) is 0.191. The normalized spacial score (nSPS) is 47.6. The van der Waals surface area contributed by atoms with E-state index in [2.05, 4.69) is 41.5 Å². The molecular weight excluding hydrogens is 705 g/mol. The topological polar surface area (TPSA) is 149 Å². The van der Waals surface area contributed by atoms with E-state index in [4.69, 9.17) is 10.2 Å². The van der Waals surface area contributed by atoms with Crippen molar-refractivity contribution in [3.05, 3.63) is 11.6 Å². The first-order valence-electron chi connectivity index (χ1n) is 22.9. The molecule has 4 N–H and O–H groups in total. The first-order valence-corrected chi connectivity index (χ1v) is 22.9. The summed E-state index contributed by atoms with van der Waals surface area (Å²) in [6.45, 7) is 14.1. The van der Waals surface area contributed by atoms with Gasteiger partial charge in [0, 0.05) is 32.1 Å². The summed E-state index contributed by atoms with van der Waals surface area (Å²) in [7, 11) is 0. The van der Waals surface area contributed by atoms with E-state index in [1.54, 1.807) is 0 Å². The fourth-order valence-electron chi connectivity index (χ4n) is 16.6. The smallest absolute Gasteiger partial charge is 0.303 e. The highest BCUT2D eigenvalue weighted by Gasteiger charge is 2.64. The Kier molecular flexibility index (Phi) is 11.7. The average Bonchev–Trinajstić information content (AvgIpc) is 3.68. The van der Waals surface area contributed by atoms with Gasteiger partial charge in [0.1, 0.15) is 5.78 Å². The predicted molar refractivity (Wildman–Crippen MR) is 215 cm³/mol. The van der Waals surface area contributed by atoms with Crippen LogP contribution in [0.2, 0.25) is 0 Å². The lowest BCUT2D eigenvalue weighted by molar-refractivity contribution is -0.169. The molecule has 7 fully saturated rings. The van der Waals surface area contributed by atoms with Crippen LogP contribution in [0.25, 0.3) is 0 Å². The molecule has 8 rings (SSSR count). The molecule has 8 aliphatic carbocycles. The molecule has 8 aliphatic rings. The zero-order valence-corrected chi connectivity index (χ0v) is 35.4. The van der Waals surface area contributed by atoms with Gasteiger partial charge < -0.3 is 20.4 Å². The van der Waals surface area contributed by atoms with Gasteiger partial charge in [-0.25, -0.2) is 0 Å². The number of carbonyl (C=O) groups excluding carboxylic acids is 2. The second-order valence-electron chi connectivity index (χ2n) is 21.9. The van der Waals surface area contributed by atoms with E-state index in [0.29, 0.717) is 90.1 Å². The van der Waals surface area contributed by atoms with Crippen molar-refractivity contribution >= 4 is 23.5 Å². The summed E-state index contributed by atoms with van der Waals surface area (Å²) < 4.78 is 0. The van der Waals surface area contributed by atoms with Gasteiger partial charge in [0.05, 0.1) is 12.2 Å². The van der Waals surface area contributed by atoms with Crippen LogP contribution in [0.3, 0.4) is 0 Å². The Labute approximate surface area is 336 Å². The third kappa shape index (κ3) is 7.08. The zero-order valence-electron chi connectivity index (χ0n) is 35.4. The van der Waals surface area contributed by atoms with Crippen molar-refractivity contribution < 1.29 is 39.6 Å². The lowest BCUT2D eigenvalue weighted by Gasteiger charge is -2.62. The molecule has 0 amide bonds. The van der Waals surface area contributed by atoms with Crippen LogP contribution in [0.15, 0.2) is 11.6 Å². The van der Waals surface area contributed by atoms with E-state index in [1.807, 2.05) is 6.08 Å². The molecule has 0 spiro atoms. The van der Waals surface area contributed by atoms with Gasteiger partial charge >= 0.3 is 11.9 Å². The van der Waals surface area contributed by atoms with Gasteiger partial charge in [0.25, 0.3) is 0 Å². The molecule has 8 heteroatoms. The molecule has 0 bridgehead atoms. The third-order valence-corrected chi connectivity index (χ3v) is 19.6. The first-order chi connectivity index (χ1) is 26.3. The Hall–Kier alpha value is -2.06. The number of hydrogen-bond acceptors (Lipinski definition) is 6. The molecular formula is C48H74O8. The van der Waals surface area contributed by atoms with Crippen molar-refractivity contribution in [2.75, 3.05) is 0 Å². The van der Waals surface area contributed by atoms with Crippen LogP contribution in [0, 0.1) is 86.8 Å². The van der Waals surface area contributed by atoms with Gasteiger partial charge in [-0.15, -0.1) is 0 Å². The van der Waals surface area contributed by atoms with E-state index in [0.717, 1.165) is 64.2 Å². The number of aliphatic carboxylic acids is 2. The molecule has 8 nitrogen and oxygen atoms in total. The van der Waals surface area contributed by atoms with Crippen molar-refractivity contribution in [2.45, 2.75) is 176 Å². The molecule has 0 heterocycles. The van der Waals surface area contributed by atoms with Gasteiger partial charge in [0.2, 0.25) is 0 Å².